The summed E-state index contributed by atoms with van der Waals surface area (Å²) in [5.41, 5.74) is 1.88. The predicted molar refractivity (Wildman–Crippen MR) is 63.4 cm³/mol. The molecule has 0 aliphatic carbocycles. The van der Waals surface area contributed by atoms with Gasteiger partial charge in [0.25, 0.3) is 0 Å². The maximum absolute atomic E-state index is 11.3. The molecule has 1 aliphatic rings. The number of hydrogen-bond acceptors (Lipinski definition) is 4. The zero-order valence-electron chi connectivity index (χ0n) is 9.33. The lowest BCUT2D eigenvalue weighted by Gasteiger charge is -2.25. The molecule has 0 radical (unpaired) electrons. The summed E-state index contributed by atoms with van der Waals surface area (Å²) in [6.07, 6.45) is 0.788. The SMILES string of the molecule is CNc1sc2c(c1C#N)CCN(C(C)=O)C2. The Bertz CT molecular complexity index is 472. The number of nitrogens with zero attached hydrogens (tertiary/aromatic N) is 2. The molecule has 16 heavy (non-hydrogen) atoms. The van der Waals surface area contributed by atoms with E-state index in [0.717, 1.165) is 34.0 Å². The van der Waals surface area contributed by atoms with Gasteiger partial charge in [-0.05, 0) is 12.0 Å². The third-order valence-corrected chi connectivity index (χ3v) is 4.08. The Hall–Kier alpha value is -1.54. The van der Waals surface area contributed by atoms with Crippen molar-refractivity contribution < 1.29 is 4.79 Å². The van der Waals surface area contributed by atoms with E-state index in [2.05, 4.69) is 11.4 Å². The molecule has 0 unspecified atom stereocenters. The van der Waals surface area contributed by atoms with Crippen LogP contribution in [0, 0.1) is 11.3 Å². The summed E-state index contributed by atoms with van der Waals surface area (Å²) in [5, 5.41) is 13.1. The highest BCUT2D eigenvalue weighted by Gasteiger charge is 2.24. The number of fused-ring (bicyclic) bond motifs is 1. The number of nitrogens with one attached hydrogen (secondary N) is 1. The first-order valence-electron chi connectivity index (χ1n) is 5.15. The Morgan fingerprint density at radius 1 is 1.62 bits per heavy atom. The van der Waals surface area contributed by atoms with Gasteiger partial charge in [-0.1, -0.05) is 0 Å². The van der Waals surface area contributed by atoms with Gasteiger partial charge < -0.3 is 10.2 Å². The van der Waals surface area contributed by atoms with E-state index in [9.17, 15) is 4.79 Å². The van der Waals surface area contributed by atoms with Crippen molar-refractivity contribution in [3.63, 3.8) is 0 Å². The molecule has 0 saturated carbocycles. The van der Waals surface area contributed by atoms with E-state index in [1.54, 1.807) is 18.3 Å². The van der Waals surface area contributed by atoms with Gasteiger partial charge in [0, 0.05) is 25.4 Å². The van der Waals surface area contributed by atoms with E-state index >= 15 is 0 Å². The highest BCUT2D eigenvalue weighted by molar-refractivity contribution is 7.16. The van der Waals surface area contributed by atoms with Crippen LogP contribution >= 0.6 is 11.3 Å². The zero-order valence-corrected chi connectivity index (χ0v) is 10.1. The molecular weight excluding hydrogens is 222 g/mol. The van der Waals surface area contributed by atoms with Crippen LogP contribution in [0.5, 0.6) is 0 Å². The Kier molecular flexibility index (Phi) is 2.84. The number of nitriles is 1. The standard InChI is InChI=1S/C11H13N3OS/c1-7(15)14-4-3-8-9(5-12)11(13-2)16-10(8)6-14/h13H,3-4,6H2,1-2H3. The molecule has 0 atom stereocenters. The normalized spacial score (nSPS) is 14.2. The molecule has 2 rings (SSSR count). The lowest BCUT2D eigenvalue weighted by Crippen LogP contribution is -2.33. The van der Waals surface area contributed by atoms with E-state index in [4.69, 9.17) is 5.26 Å². The minimum atomic E-state index is 0.101. The van der Waals surface area contributed by atoms with Crippen LogP contribution in [-0.4, -0.2) is 24.4 Å². The van der Waals surface area contributed by atoms with Crippen LogP contribution in [0.1, 0.15) is 22.9 Å². The van der Waals surface area contributed by atoms with Crippen LogP contribution in [0.15, 0.2) is 0 Å². The molecule has 4 nitrogen and oxygen atoms in total. The number of hydrogen-bond donors (Lipinski definition) is 1. The van der Waals surface area contributed by atoms with E-state index < -0.39 is 0 Å². The molecule has 1 amide bonds. The highest BCUT2D eigenvalue weighted by Crippen LogP contribution is 2.36. The molecular formula is C11H13N3OS. The van der Waals surface area contributed by atoms with Crippen molar-refractivity contribution in [2.45, 2.75) is 19.9 Å². The van der Waals surface area contributed by atoms with Gasteiger partial charge >= 0.3 is 0 Å². The zero-order chi connectivity index (χ0) is 11.7. The lowest BCUT2D eigenvalue weighted by molar-refractivity contribution is -0.129. The summed E-state index contributed by atoms with van der Waals surface area (Å²) < 4.78 is 0. The van der Waals surface area contributed by atoms with Crippen molar-refractivity contribution >= 4 is 22.2 Å². The summed E-state index contributed by atoms with van der Waals surface area (Å²) in [5.74, 6) is 0.101. The number of thiophene rings is 1. The fourth-order valence-electron chi connectivity index (χ4n) is 1.97. The van der Waals surface area contributed by atoms with Gasteiger partial charge in [-0.15, -0.1) is 11.3 Å². The summed E-state index contributed by atoms with van der Waals surface area (Å²) in [6.45, 7) is 2.95. The highest BCUT2D eigenvalue weighted by atomic mass is 32.1. The molecule has 1 aromatic rings. The number of amides is 1. The Morgan fingerprint density at radius 2 is 2.38 bits per heavy atom. The minimum absolute atomic E-state index is 0.101. The number of carbonyl (C=O) groups is 1. The average Bonchev–Trinajstić information content (AvgIpc) is 2.65. The fraction of sp³-hybridized carbons (Fsp3) is 0.455. The quantitative estimate of drug-likeness (QED) is 0.803. The largest absolute Gasteiger partial charge is 0.379 e. The van der Waals surface area contributed by atoms with Gasteiger partial charge in [0.1, 0.15) is 11.1 Å². The molecule has 1 aliphatic heterocycles. The molecule has 1 aromatic heterocycles. The van der Waals surface area contributed by atoms with Gasteiger partial charge in [0.05, 0.1) is 12.1 Å². The summed E-state index contributed by atoms with van der Waals surface area (Å²) in [7, 11) is 1.82. The summed E-state index contributed by atoms with van der Waals surface area (Å²) >= 11 is 1.58. The molecule has 0 spiro atoms. The molecule has 0 fully saturated rings. The van der Waals surface area contributed by atoms with Crippen molar-refractivity contribution in [1.29, 1.82) is 5.26 Å². The summed E-state index contributed by atoms with van der Waals surface area (Å²) in [4.78, 5) is 14.2. The minimum Gasteiger partial charge on any atom is -0.379 e. The van der Waals surface area contributed by atoms with E-state index in [1.807, 2.05) is 11.9 Å². The molecule has 0 aromatic carbocycles. The molecule has 0 saturated heterocycles. The van der Waals surface area contributed by atoms with E-state index in [1.165, 1.54) is 0 Å². The monoisotopic (exact) mass is 235 g/mol. The number of carbonyl (C=O) groups excluding carboxylic acids is 1. The van der Waals surface area contributed by atoms with Crippen molar-refractivity contribution in [2.75, 3.05) is 18.9 Å². The number of rotatable bonds is 1. The smallest absolute Gasteiger partial charge is 0.219 e. The van der Waals surface area contributed by atoms with Crippen molar-refractivity contribution in [3.05, 3.63) is 16.0 Å². The second kappa shape index (κ2) is 4.14. The first kappa shape index (κ1) is 11.0. The van der Waals surface area contributed by atoms with Crippen LogP contribution in [0.2, 0.25) is 0 Å². The van der Waals surface area contributed by atoms with Crippen LogP contribution in [-0.2, 0) is 17.8 Å². The molecule has 2 heterocycles. The second-order valence-electron chi connectivity index (χ2n) is 3.76. The van der Waals surface area contributed by atoms with Crippen molar-refractivity contribution in [1.82, 2.24) is 4.90 Å². The topological polar surface area (TPSA) is 56.1 Å². The van der Waals surface area contributed by atoms with Gasteiger partial charge in [-0.2, -0.15) is 5.26 Å². The second-order valence-corrected chi connectivity index (χ2v) is 4.87. The van der Waals surface area contributed by atoms with Crippen molar-refractivity contribution in [2.24, 2.45) is 0 Å². The predicted octanol–water partition coefficient (Wildman–Crippen LogP) is 1.57. The maximum atomic E-state index is 11.3. The number of anilines is 1. The third-order valence-electron chi connectivity index (χ3n) is 2.84. The van der Waals surface area contributed by atoms with Gasteiger partial charge in [-0.3, -0.25) is 4.79 Å². The van der Waals surface area contributed by atoms with Crippen LogP contribution in [0.3, 0.4) is 0 Å². The van der Waals surface area contributed by atoms with Gasteiger partial charge in [0.2, 0.25) is 5.91 Å². The first-order valence-corrected chi connectivity index (χ1v) is 5.97. The van der Waals surface area contributed by atoms with Gasteiger partial charge in [0.15, 0.2) is 0 Å². The molecule has 84 valence electrons. The van der Waals surface area contributed by atoms with E-state index in [0.29, 0.717) is 6.54 Å². The fourth-order valence-corrected chi connectivity index (χ4v) is 3.13. The molecule has 5 heteroatoms. The van der Waals surface area contributed by atoms with Crippen molar-refractivity contribution in [3.8, 4) is 6.07 Å². The Labute approximate surface area is 98.5 Å². The first-order chi connectivity index (χ1) is 7.67. The van der Waals surface area contributed by atoms with Crippen LogP contribution in [0.4, 0.5) is 5.00 Å². The Morgan fingerprint density at radius 3 is 2.94 bits per heavy atom. The maximum Gasteiger partial charge on any atom is 0.219 e. The average molecular weight is 235 g/mol. The lowest BCUT2D eigenvalue weighted by atomic mass is 10.0. The van der Waals surface area contributed by atoms with Gasteiger partial charge in [-0.25, -0.2) is 0 Å². The third kappa shape index (κ3) is 1.65. The molecule has 0 bridgehead atoms. The molecule has 1 N–H and O–H groups in total. The van der Waals surface area contributed by atoms with E-state index in [-0.39, 0.29) is 5.91 Å². The van der Waals surface area contributed by atoms with Crippen LogP contribution < -0.4 is 5.32 Å². The summed E-state index contributed by atoms with van der Waals surface area (Å²) in [6, 6.07) is 2.24. The Balaban J connectivity index is 2.38. The van der Waals surface area contributed by atoms with Crippen LogP contribution in [0.25, 0.3) is 0 Å².